The lowest BCUT2D eigenvalue weighted by Crippen LogP contribution is -2.30. The van der Waals surface area contributed by atoms with Crippen molar-refractivity contribution in [1.82, 2.24) is 10.2 Å². The Morgan fingerprint density at radius 2 is 1.89 bits per heavy atom. The quantitative estimate of drug-likeness (QED) is 0.889. The molecule has 1 N–H and O–H groups in total. The van der Waals surface area contributed by atoms with Crippen LogP contribution < -0.4 is 5.32 Å². The zero-order valence-electron chi connectivity index (χ0n) is 11.6. The lowest BCUT2D eigenvalue weighted by atomic mass is 10.0. The predicted molar refractivity (Wildman–Crippen MR) is 73.3 cm³/mol. The Morgan fingerprint density at radius 1 is 1.28 bits per heavy atom. The molecular weight excluding hydrogens is 224 g/mol. The number of benzene rings is 1. The van der Waals surface area contributed by atoms with Gasteiger partial charge in [-0.15, -0.1) is 0 Å². The van der Waals surface area contributed by atoms with Crippen LogP contribution in [0.5, 0.6) is 0 Å². The van der Waals surface area contributed by atoms with Gasteiger partial charge in [0.05, 0.1) is 6.04 Å². The second-order valence-corrected chi connectivity index (χ2v) is 5.24. The van der Waals surface area contributed by atoms with Gasteiger partial charge in [0.15, 0.2) is 0 Å². The number of rotatable bonds is 3. The maximum absolute atomic E-state index is 12.0. The zero-order valence-corrected chi connectivity index (χ0v) is 11.6. The number of amides is 1. The highest BCUT2D eigenvalue weighted by Gasteiger charge is 2.35. The molecule has 0 saturated carbocycles. The Balaban J connectivity index is 2.23. The van der Waals surface area contributed by atoms with Crippen LogP contribution in [0.1, 0.15) is 50.9 Å². The number of nitrogens with zero attached hydrogens (tertiary/aromatic N) is 1. The summed E-state index contributed by atoms with van der Waals surface area (Å²) < 4.78 is 0. The van der Waals surface area contributed by atoms with Gasteiger partial charge in [-0.05, 0) is 30.9 Å². The molecule has 2 rings (SSSR count). The van der Waals surface area contributed by atoms with Gasteiger partial charge < -0.3 is 4.90 Å². The van der Waals surface area contributed by atoms with Crippen LogP contribution in [-0.4, -0.2) is 23.4 Å². The van der Waals surface area contributed by atoms with Crippen molar-refractivity contribution in [2.75, 3.05) is 6.54 Å². The van der Waals surface area contributed by atoms with E-state index in [0.717, 1.165) is 6.54 Å². The van der Waals surface area contributed by atoms with E-state index in [-0.39, 0.29) is 18.1 Å². The fourth-order valence-corrected chi connectivity index (χ4v) is 2.45. The van der Waals surface area contributed by atoms with Crippen LogP contribution in [0.15, 0.2) is 24.3 Å². The van der Waals surface area contributed by atoms with Gasteiger partial charge in [0.25, 0.3) is 0 Å². The first-order valence-electron chi connectivity index (χ1n) is 6.71. The highest BCUT2D eigenvalue weighted by Crippen LogP contribution is 2.26. The first kappa shape index (κ1) is 13.1. The number of hydrogen-bond donors (Lipinski definition) is 1. The van der Waals surface area contributed by atoms with Crippen LogP contribution in [-0.2, 0) is 4.79 Å². The van der Waals surface area contributed by atoms with Gasteiger partial charge in [-0.3, -0.25) is 10.1 Å². The van der Waals surface area contributed by atoms with Gasteiger partial charge in [0.2, 0.25) is 5.91 Å². The summed E-state index contributed by atoms with van der Waals surface area (Å²) in [5, 5.41) is 3.35. The Morgan fingerprint density at radius 3 is 2.39 bits per heavy atom. The topological polar surface area (TPSA) is 32.3 Å². The van der Waals surface area contributed by atoms with Crippen molar-refractivity contribution in [3.05, 3.63) is 35.4 Å². The third kappa shape index (κ3) is 2.27. The minimum absolute atomic E-state index is 0.0266. The van der Waals surface area contributed by atoms with Gasteiger partial charge in [0, 0.05) is 6.54 Å². The lowest BCUT2D eigenvalue weighted by Gasteiger charge is -2.23. The fourth-order valence-electron chi connectivity index (χ4n) is 2.45. The Bertz CT molecular complexity index is 425. The summed E-state index contributed by atoms with van der Waals surface area (Å²) in [7, 11) is 0. The minimum atomic E-state index is -0.0836. The average Bonchev–Trinajstić information content (AvgIpc) is 2.65. The molecular formula is C15H22N2O. The number of nitrogens with one attached hydrogen (secondary N) is 1. The average molecular weight is 246 g/mol. The van der Waals surface area contributed by atoms with E-state index in [9.17, 15) is 4.79 Å². The molecule has 3 nitrogen and oxygen atoms in total. The summed E-state index contributed by atoms with van der Waals surface area (Å²) in [5.74, 6) is 0.730. The molecule has 0 aromatic heterocycles. The molecule has 98 valence electrons. The normalized spacial score (nSPS) is 24.1. The predicted octanol–water partition coefficient (Wildman–Crippen LogP) is 2.65. The molecule has 1 aromatic carbocycles. The molecule has 2 unspecified atom stereocenters. The van der Waals surface area contributed by atoms with Crippen molar-refractivity contribution in [3.63, 3.8) is 0 Å². The van der Waals surface area contributed by atoms with Crippen molar-refractivity contribution in [1.29, 1.82) is 0 Å². The first-order chi connectivity index (χ1) is 8.54. The molecule has 1 amide bonds. The second-order valence-electron chi connectivity index (χ2n) is 5.24. The molecule has 0 spiro atoms. The van der Waals surface area contributed by atoms with Crippen molar-refractivity contribution in [3.8, 4) is 0 Å². The van der Waals surface area contributed by atoms with Crippen LogP contribution in [0.25, 0.3) is 0 Å². The summed E-state index contributed by atoms with van der Waals surface area (Å²) >= 11 is 0. The van der Waals surface area contributed by atoms with E-state index in [1.807, 2.05) is 18.7 Å². The summed E-state index contributed by atoms with van der Waals surface area (Å²) in [4.78, 5) is 13.9. The standard InChI is InChI=1S/C15H22N2O/c1-5-17-14(16-11(4)15(17)18)13-8-6-12(7-9-13)10(2)3/h6-11,14,16H,5H2,1-4H3. The van der Waals surface area contributed by atoms with Crippen LogP contribution in [0.2, 0.25) is 0 Å². The maximum Gasteiger partial charge on any atom is 0.241 e. The molecule has 1 fully saturated rings. The van der Waals surface area contributed by atoms with Crippen LogP contribution >= 0.6 is 0 Å². The molecule has 1 aliphatic heterocycles. The van der Waals surface area contributed by atoms with E-state index in [2.05, 4.69) is 43.4 Å². The van der Waals surface area contributed by atoms with E-state index in [1.165, 1.54) is 11.1 Å². The number of likely N-dealkylation sites (N-methyl/N-ethyl adjacent to an activating group) is 1. The monoisotopic (exact) mass is 246 g/mol. The summed E-state index contributed by atoms with van der Waals surface area (Å²) in [6, 6.07) is 8.48. The van der Waals surface area contributed by atoms with Crippen molar-refractivity contribution in [2.24, 2.45) is 0 Å². The third-order valence-electron chi connectivity index (χ3n) is 3.63. The van der Waals surface area contributed by atoms with Gasteiger partial charge in [-0.25, -0.2) is 0 Å². The molecule has 1 aromatic rings. The maximum atomic E-state index is 12.0. The summed E-state index contributed by atoms with van der Waals surface area (Å²) in [6.07, 6.45) is 0.0266. The number of carbonyl (C=O) groups is 1. The van der Waals surface area contributed by atoms with Crippen molar-refractivity contribution >= 4 is 5.91 Å². The van der Waals surface area contributed by atoms with Crippen LogP contribution in [0.3, 0.4) is 0 Å². The first-order valence-corrected chi connectivity index (χ1v) is 6.71. The van der Waals surface area contributed by atoms with E-state index >= 15 is 0 Å². The molecule has 18 heavy (non-hydrogen) atoms. The van der Waals surface area contributed by atoms with Crippen LogP contribution in [0, 0.1) is 0 Å². The lowest BCUT2D eigenvalue weighted by molar-refractivity contribution is -0.129. The fraction of sp³-hybridized carbons (Fsp3) is 0.533. The number of carbonyl (C=O) groups excluding carboxylic acids is 1. The second kappa shape index (κ2) is 5.11. The van der Waals surface area contributed by atoms with Gasteiger partial charge >= 0.3 is 0 Å². The molecule has 1 saturated heterocycles. The molecule has 1 aliphatic rings. The minimum Gasteiger partial charge on any atom is -0.322 e. The van der Waals surface area contributed by atoms with E-state index in [0.29, 0.717) is 5.92 Å². The molecule has 0 bridgehead atoms. The van der Waals surface area contributed by atoms with Crippen LogP contribution in [0.4, 0.5) is 0 Å². The number of hydrogen-bond acceptors (Lipinski definition) is 2. The molecule has 3 heteroatoms. The highest BCUT2D eigenvalue weighted by atomic mass is 16.2. The summed E-state index contributed by atoms with van der Waals surface area (Å²) in [5.41, 5.74) is 2.50. The van der Waals surface area contributed by atoms with E-state index in [4.69, 9.17) is 0 Å². The Hall–Kier alpha value is -1.35. The van der Waals surface area contributed by atoms with Crippen molar-refractivity contribution < 1.29 is 4.79 Å². The van der Waals surface area contributed by atoms with Crippen molar-refractivity contribution in [2.45, 2.75) is 45.8 Å². The van der Waals surface area contributed by atoms with E-state index < -0.39 is 0 Å². The highest BCUT2D eigenvalue weighted by molar-refractivity contribution is 5.84. The molecule has 0 aliphatic carbocycles. The zero-order chi connectivity index (χ0) is 13.3. The van der Waals surface area contributed by atoms with Gasteiger partial charge in [-0.2, -0.15) is 0 Å². The molecule has 0 radical (unpaired) electrons. The van der Waals surface area contributed by atoms with E-state index in [1.54, 1.807) is 0 Å². The largest absolute Gasteiger partial charge is 0.322 e. The molecule has 1 heterocycles. The summed E-state index contributed by atoms with van der Waals surface area (Å²) in [6.45, 7) is 9.06. The SMILES string of the molecule is CCN1C(=O)C(C)NC1c1ccc(C(C)C)cc1. The van der Waals surface area contributed by atoms with Gasteiger partial charge in [0.1, 0.15) is 6.17 Å². The Labute approximate surface area is 109 Å². The third-order valence-corrected chi connectivity index (χ3v) is 3.63. The Kier molecular flexibility index (Phi) is 3.71. The smallest absolute Gasteiger partial charge is 0.241 e. The van der Waals surface area contributed by atoms with Gasteiger partial charge in [-0.1, -0.05) is 38.1 Å². The molecule has 2 atom stereocenters.